The Morgan fingerprint density at radius 1 is 0.882 bits per heavy atom. The predicted molar refractivity (Wildman–Crippen MR) is 71.8 cm³/mol. The third kappa shape index (κ3) is 5.81. The quantitative estimate of drug-likeness (QED) is 0.710. The second kappa shape index (κ2) is 8.86. The van der Waals surface area contributed by atoms with E-state index < -0.39 is 8.80 Å². The van der Waals surface area contributed by atoms with Gasteiger partial charge in [-0.2, -0.15) is 0 Å². The van der Waals surface area contributed by atoms with E-state index >= 15 is 0 Å². The molecule has 0 spiro atoms. The van der Waals surface area contributed by atoms with Crippen LogP contribution in [0.2, 0.25) is 0 Å². The molecule has 0 bridgehead atoms. The van der Waals surface area contributed by atoms with E-state index in [1.165, 1.54) is 38.5 Å². The van der Waals surface area contributed by atoms with Gasteiger partial charge in [0.05, 0.1) is 0 Å². The van der Waals surface area contributed by atoms with Crippen molar-refractivity contribution >= 4 is 8.80 Å². The smallest absolute Gasteiger partial charge is 0.374 e. The second-order valence-corrected chi connectivity index (χ2v) is 7.14. The predicted octanol–water partition coefficient (Wildman–Crippen LogP) is 3.46. The van der Waals surface area contributed by atoms with Gasteiger partial charge in [0, 0.05) is 20.3 Å². The lowest BCUT2D eigenvalue weighted by Gasteiger charge is -2.24. The highest BCUT2D eigenvalue weighted by Gasteiger charge is 2.36. The molecule has 0 aliphatic carbocycles. The first kappa shape index (κ1) is 14.9. The molecule has 0 unspecified atom stereocenters. The van der Waals surface area contributed by atoms with Gasteiger partial charge in [0.15, 0.2) is 0 Å². The molecule has 0 aromatic rings. The van der Waals surface area contributed by atoms with Gasteiger partial charge in [-0.3, -0.25) is 0 Å². The highest BCUT2D eigenvalue weighted by atomic mass is 28.4. The van der Waals surface area contributed by atoms with Gasteiger partial charge in [-0.1, -0.05) is 45.1 Å². The fraction of sp³-hybridized carbons (Fsp3) is 0.846. The van der Waals surface area contributed by atoms with Gasteiger partial charge < -0.3 is 13.3 Å². The second-order valence-electron chi connectivity index (χ2n) is 4.54. The van der Waals surface area contributed by atoms with Gasteiger partial charge in [-0.15, -0.1) is 0 Å². The molecular formula is C13H26O3Si. The Labute approximate surface area is 107 Å². The molecular weight excluding hydrogens is 232 g/mol. The highest BCUT2D eigenvalue weighted by Crippen LogP contribution is 2.15. The number of rotatable bonds is 2. The van der Waals surface area contributed by atoms with E-state index in [0.717, 1.165) is 26.1 Å². The third-order valence-electron chi connectivity index (χ3n) is 3.18. The summed E-state index contributed by atoms with van der Waals surface area (Å²) in [6.07, 6.45) is 10.0. The lowest BCUT2D eigenvalue weighted by molar-refractivity contribution is 0.0874. The van der Waals surface area contributed by atoms with Crippen molar-refractivity contribution in [2.24, 2.45) is 0 Å². The molecule has 1 heterocycles. The van der Waals surface area contributed by atoms with E-state index in [9.17, 15) is 0 Å². The van der Waals surface area contributed by atoms with Crippen LogP contribution in [-0.4, -0.2) is 29.1 Å². The maximum Gasteiger partial charge on any atom is 0.528 e. The van der Waals surface area contributed by atoms with Crippen molar-refractivity contribution in [2.75, 3.05) is 20.3 Å². The Kier molecular flexibility index (Phi) is 7.76. The van der Waals surface area contributed by atoms with E-state index in [1.807, 2.05) is 0 Å². The van der Waals surface area contributed by atoms with Crippen LogP contribution in [0.4, 0.5) is 0 Å². The summed E-state index contributed by atoms with van der Waals surface area (Å²) >= 11 is 0. The number of hydrogen-bond acceptors (Lipinski definition) is 3. The fourth-order valence-corrected chi connectivity index (χ4v) is 3.63. The van der Waals surface area contributed by atoms with E-state index in [-0.39, 0.29) is 0 Å². The summed E-state index contributed by atoms with van der Waals surface area (Å²) in [5, 5.41) is 0. The molecule has 0 radical (unpaired) electrons. The van der Waals surface area contributed by atoms with Crippen LogP contribution in [0.5, 0.6) is 0 Å². The van der Waals surface area contributed by atoms with Crippen LogP contribution in [0.15, 0.2) is 12.3 Å². The molecule has 1 saturated heterocycles. The SMILES string of the molecule is C=C[Si]1(OC)OCCCCCCCCCCO1. The lowest BCUT2D eigenvalue weighted by Crippen LogP contribution is -2.43. The minimum Gasteiger partial charge on any atom is -0.374 e. The summed E-state index contributed by atoms with van der Waals surface area (Å²) < 4.78 is 17.1. The van der Waals surface area contributed by atoms with Crippen LogP contribution in [0, 0.1) is 0 Å². The van der Waals surface area contributed by atoms with Gasteiger partial charge in [0.2, 0.25) is 0 Å². The van der Waals surface area contributed by atoms with Crippen molar-refractivity contribution in [3.63, 3.8) is 0 Å². The molecule has 1 fully saturated rings. The van der Waals surface area contributed by atoms with E-state index in [2.05, 4.69) is 6.58 Å². The average Bonchev–Trinajstić information content (AvgIpc) is 2.39. The zero-order valence-electron chi connectivity index (χ0n) is 11.1. The van der Waals surface area contributed by atoms with Crippen molar-refractivity contribution in [3.05, 3.63) is 12.3 Å². The van der Waals surface area contributed by atoms with Gasteiger partial charge in [0.1, 0.15) is 0 Å². The minimum atomic E-state index is -2.56. The molecule has 0 atom stereocenters. The standard InChI is InChI=1S/C13H26O3Si/c1-3-17(14-2)15-12-10-8-6-4-5-7-9-11-13-16-17/h3H,1,4-13H2,2H3. The van der Waals surface area contributed by atoms with Crippen molar-refractivity contribution in [2.45, 2.75) is 51.4 Å². The zero-order valence-corrected chi connectivity index (χ0v) is 12.1. The van der Waals surface area contributed by atoms with Crippen LogP contribution < -0.4 is 0 Å². The first-order valence-electron chi connectivity index (χ1n) is 6.79. The van der Waals surface area contributed by atoms with Gasteiger partial charge in [0.25, 0.3) is 0 Å². The molecule has 3 nitrogen and oxygen atoms in total. The van der Waals surface area contributed by atoms with E-state index in [1.54, 1.807) is 12.8 Å². The fourth-order valence-electron chi connectivity index (χ4n) is 2.05. The summed E-state index contributed by atoms with van der Waals surface area (Å²) in [6.45, 7) is 5.26. The Morgan fingerprint density at radius 2 is 1.29 bits per heavy atom. The summed E-state index contributed by atoms with van der Waals surface area (Å²) in [5.74, 6) is 0. The molecule has 1 aliphatic rings. The molecule has 100 valence electrons. The maximum atomic E-state index is 5.82. The van der Waals surface area contributed by atoms with Crippen LogP contribution >= 0.6 is 0 Å². The van der Waals surface area contributed by atoms with Crippen LogP contribution in [-0.2, 0) is 13.3 Å². The average molecular weight is 258 g/mol. The Balaban J connectivity index is 2.43. The van der Waals surface area contributed by atoms with Crippen molar-refractivity contribution in [1.29, 1.82) is 0 Å². The van der Waals surface area contributed by atoms with E-state index in [4.69, 9.17) is 13.3 Å². The first-order chi connectivity index (χ1) is 8.33. The minimum absolute atomic E-state index is 0.728. The summed E-state index contributed by atoms with van der Waals surface area (Å²) in [6, 6.07) is 0. The topological polar surface area (TPSA) is 27.7 Å². The van der Waals surface area contributed by atoms with Crippen molar-refractivity contribution < 1.29 is 13.3 Å². The van der Waals surface area contributed by atoms with Gasteiger partial charge in [-0.25, -0.2) is 0 Å². The monoisotopic (exact) mass is 258 g/mol. The molecule has 0 aromatic carbocycles. The normalized spacial score (nSPS) is 24.1. The summed E-state index contributed by atoms with van der Waals surface area (Å²) in [7, 11) is -0.900. The maximum absolute atomic E-state index is 5.82. The number of hydrogen-bond donors (Lipinski definition) is 0. The molecule has 1 aliphatic heterocycles. The summed E-state index contributed by atoms with van der Waals surface area (Å²) in [4.78, 5) is 0. The Bertz CT molecular complexity index is 195. The van der Waals surface area contributed by atoms with Crippen LogP contribution in [0.1, 0.15) is 51.4 Å². The summed E-state index contributed by atoms with van der Waals surface area (Å²) in [5.41, 5.74) is 1.74. The van der Waals surface area contributed by atoms with Crippen molar-refractivity contribution in [1.82, 2.24) is 0 Å². The lowest BCUT2D eigenvalue weighted by atomic mass is 10.1. The largest absolute Gasteiger partial charge is 0.528 e. The van der Waals surface area contributed by atoms with Crippen LogP contribution in [0.3, 0.4) is 0 Å². The molecule has 4 heteroatoms. The first-order valence-corrected chi connectivity index (χ1v) is 8.60. The zero-order chi connectivity index (χ0) is 12.4. The third-order valence-corrected chi connectivity index (χ3v) is 5.46. The molecule has 0 amide bonds. The van der Waals surface area contributed by atoms with Crippen molar-refractivity contribution in [3.8, 4) is 0 Å². The molecule has 0 N–H and O–H groups in total. The van der Waals surface area contributed by atoms with Gasteiger partial charge in [-0.05, 0) is 18.5 Å². The molecule has 0 aromatic heterocycles. The van der Waals surface area contributed by atoms with E-state index in [0.29, 0.717) is 0 Å². The molecule has 17 heavy (non-hydrogen) atoms. The Morgan fingerprint density at radius 3 is 1.65 bits per heavy atom. The van der Waals surface area contributed by atoms with Gasteiger partial charge >= 0.3 is 8.80 Å². The molecule has 1 rings (SSSR count). The van der Waals surface area contributed by atoms with Crippen LogP contribution in [0.25, 0.3) is 0 Å². The Hall–Kier alpha value is -0.163. The molecule has 0 saturated carbocycles. The highest BCUT2D eigenvalue weighted by molar-refractivity contribution is 6.66.